The summed E-state index contributed by atoms with van der Waals surface area (Å²) in [6.07, 6.45) is 2.46. The van der Waals surface area contributed by atoms with Gasteiger partial charge in [-0.15, -0.1) is 0 Å². The van der Waals surface area contributed by atoms with Crippen LogP contribution in [0.1, 0.15) is 23.0 Å². The average Bonchev–Trinajstić information content (AvgIpc) is 3.16. The molecular weight excluding hydrogens is 358 g/mol. The summed E-state index contributed by atoms with van der Waals surface area (Å²) in [5.74, 6) is -2.96. The van der Waals surface area contributed by atoms with E-state index in [2.05, 4.69) is 10.6 Å². The molecule has 1 unspecified atom stereocenters. The highest BCUT2D eigenvalue weighted by Crippen LogP contribution is 2.15. The standard InChI is InChI=1S/C17H15N3O7/c1-10(17(23)24)18-15(21)13(19-16(22)14-6-3-7-27-14)9-11-4-2-5-12(8-11)20(25)26/h2-10H,1H3,(H,18,21)(H,19,22)(H,23,24). The molecule has 2 amide bonds. The number of rotatable bonds is 7. The van der Waals surface area contributed by atoms with E-state index in [0.717, 1.165) is 0 Å². The zero-order valence-electron chi connectivity index (χ0n) is 14.0. The summed E-state index contributed by atoms with van der Waals surface area (Å²) in [6.45, 7) is 1.25. The minimum absolute atomic E-state index is 0.0703. The van der Waals surface area contributed by atoms with Crippen molar-refractivity contribution in [2.24, 2.45) is 0 Å². The maximum Gasteiger partial charge on any atom is 0.325 e. The summed E-state index contributed by atoms with van der Waals surface area (Å²) in [7, 11) is 0. The van der Waals surface area contributed by atoms with Crippen LogP contribution in [0.5, 0.6) is 0 Å². The molecule has 1 aromatic heterocycles. The normalized spacial score (nSPS) is 12.1. The average molecular weight is 373 g/mol. The number of carbonyl (C=O) groups excluding carboxylic acids is 2. The monoisotopic (exact) mass is 373 g/mol. The van der Waals surface area contributed by atoms with Crippen molar-refractivity contribution in [1.82, 2.24) is 10.6 Å². The van der Waals surface area contributed by atoms with Gasteiger partial charge in [-0.3, -0.25) is 24.5 Å². The van der Waals surface area contributed by atoms with E-state index in [1.165, 1.54) is 55.7 Å². The van der Waals surface area contributed by atoms with Crippen molar-refractivity contribution >= 4 is 29.5 Å². The largest absolute Gasteiger partial charge is 0.480 e. The molecule has 0 fully saturated rings. The van der Waals surface area contributed by atoms with Gasteiger partial charge in [0.05, 0.1) is 11.2 Å². The van der Waals surface area contributed by atoms with E-state index >= 15 is 0 Å². The number of carbonyl (C=O) groups is 3. The number of carboxylic acids is 1. The van der Waals surface area contributed by atoms with E-state index in [1.807, 2.05) is 0 Å². The van der Waals surface area contributed by atoms with Crippen LogP contribution in [0.2, 0.25) is 0 Å². The first-order valence-electron chi connectivity index (χ1n) is 7.62. The Morgan fingerprint density at radius 3 is 2.59 bits per heavy atom. The van der Waals surface area contributed by atoms with E-state index in [9.17, 15) is 24.5 Å². The zero-order chi connectivity index (χ0) is 20.0. The van der Waals surface area contributed by atoms with Crippen LogP contribution < -0.4 is 10.6 Å². The summed E-state index contributed by atoms with van der Waals surface area (Å²) in [6, 6.07) is 7.00. The first kappa shape index (κ1) is 19.4. The molecule has 3 N–H and O–H groups in total. The maximum absolute atomic E-state index is 12.4. The van der Waals surface area contributed by atoms with Gasteiger partial charge in [0.15, 0.2) is 5.76 Å². The van der Waals surface area contributed by atoms with Crippen molar-refractivity contribution in [1.29, 1.82) is 0 Å². The van der Waals surface area contributed by atoms with Gasteiger partial charge in [-0.05, 0) is 30.7 Å². The number of carboxylic acid groups (broad SMARTS) is 1. The number of benzene rings is 1. The van der Waals surface area contributed by atoms with Gasteiger partial charge in [-0.1, -0.05) is 12.1 Å². The fourth-order valence-corrected chi connectivity index (χ4v) is 1.98. The lowest BCUT2D eigenvalue weighted by Crippen LogP contribution is -2.42. The van der Waals surface area contributed by atoms with Crippen LogP contribution in [0.3, 0.4) is 0 Å². The number of aliphatic carboxylic acids is 1. The second-order valence-corrected chi connectivity index (χ2v) is 5.37. The maximum atomic E-state index is 12.4. The minimum atomic E-state index is -1.27. The van der Waals surface area contributed by atoms with Crippen LogP contribution in [0.25, 0.3) is 6.08 Å². The molecule has 10 heteroatoms. The summed E-state index contributed by atoms with van der Waals surface area (Å²) in [4.78, 5) is 45.7. The zero-order valence-corrected chi connectivity index (χ0v) is 14.0. The number of amides is 2. The van der Waals surface area contributed by atoms with Crippen LogP contribution in [0.4, 0.5) is 5.69 Å². The lowest BCUT2D eigenvalue weighted by molar-refractivity contribution is -0.384. The molecule has 0 bridgehead atoms. The Labute approximate surface area is 152 Å². The van der Waals surface area contributed by atoms with E-state index < -0.39 is 28.7 Å². The highest BCUT2D eigenvalue weighted by molar-refractivity contribution is 6.05. The van der Waals surface area contributed by atoms with E-state index in [1.54, 1.807) is 0 Å². The Bertz CT molecular complexity index is 903. The molecule has 2 rings (SSSR count). The Morgan fingerprint density at radius 1 is 1.26 bits per heavy atom. The molecule has 1 atom stereocenters. The highest BCUT2D eigenvalue weighted by Gasteiger charge is 2.20. The van der Waals surface area contributed by atoms with Crippen molar-refractivity contribution in [3.05, 3.63) is 69.8 Å². The number of nitrogens with zero attached hydrogens (tertiary/aromatic N) is 1. The van der Waals surface area contributed by atoms with Crippen molar-refractivity contribution in [2.75, 3.05) is 0 Å². The molecule has 27 heavy (non-hydrogen) atoms. The molecule has 140 valence electrons. The number of non-ortho nitro benzene ring substituents is 1. The third-order valence-corrected chi connectivity index (χ3v) is 3.35. The number of nitro groups is 1. The topological polar surface area (TPSA) is 152 Å². The van der Waals surface area contributed by atoms with Crippen LogP contribution in [0.15, 0.2) is 52.8 Å². The fourth-order valence-electron chi connectivity index (χ4n) is 1.98. The quantitative estimate of drug-likeness (QED) is 0.378. The minimum Gasteiger partial charge on any atom is -0.480 e. The molecule has 0 spiro atoms. The molecule has 0 saturated heterocycles. The first-order chi connectivity index (χ1) is 12.8. The molecule has 1 heterocycles. The third-order valence-electron chi connectivity index (χ3n) is 3.35. The summed E-state index contributed by atoms with van der Waals surface area (Å²) >= 11 is 0. The van der Waals surface area contributed by atoms with Gasteiger partial charge in [0.1, 0.15) is 11.7 Å². The lowest BCUT2D eigenvalue weighted by Gasteiger charge is -2.13. The summed E-state index contributed by atoms with van der Waals surface area (Å²) in [5.41, 5.74) is -0.248. The second-order valence-electron chi connectivity index (χ2n) is 5.37. The lowest BCUT2D eigenvalue weighted by atomic mass is 10.1. The van der Waals surface area contributed by atoms with Crippen molar-refractivity contribution in [3.8, 4) is 0 Å². The van der Waals surface area contributed by atoms with Gasteiger partial charge in [-0.2, -0.15) is 0 Å². The number of furan rings is 1. The SMILES string of the molecule is CC(NC(=O)C(=Cc1cccc([N+](=O)[O-])c1)NC(=O)c1ccco1)C(=O)O. The van der Waals surface area contributed by atoms with E-state index in [0.29, 0.717) is 0 Å². The second kappa shape index (κ2) is 8.43. The highest BCUT2D eigenvalue weighted by atomic mass is 16.6. The molecule has 0 saturated carbocycles. The predicted octanol–water partition coefficient (Wildman–Crippen LogP) is 1.55. The molecule has 0 aliphatic rings. The van der Waals surface area contributed by atoms with Gasteiger partial charge >= 0.3 is 5.97 Å². The van der Waals surface area contributed by atoms with Crippen LogP contribution >= 0.6 is 0 Å². The van der Waals surface area contributed by atoms with Crippen LogP contribution in [-0.2, 0) is 9.59 Å². The molecule has 0 aliphatic heterocycles. The van der Waals surface area contributed by atoms with Gasteiger partial charge in [0.2, 0.25) is 0 Å². The van der Waals surface area contributed by atoms with E-state index in [-0.39, 0.29) is 22.7 Å². The first-order valence-corrected chi connectivity index (χ1v) is 7.62. The Balaban J connectivity index is 2.34. The predicted molar refractivity (Wildman–Crippen MR) is 92.5 cm³/mol. The smallest absolute Gasteiger partial charge is 0.325 e. The van der Waals surface area contributed by atoms with Crippen molar-refractivity contribution in [2.45, 2.75) is 13.0 Å². The van der Waals surface area contributed by atoms with Gasteiger partial charge in [0.25, 0.3) is 17.5 Å². The van der Waals surface area contributed by atoms with Crippen LogP contribution in [-0.4, -0.2) is 33.9 Å². The van der Waals surface area contributed by atoms with Gasteiger partial charge < -0.3 is 20.2 Å². The molecule has 0 aliphatic carbocycles. The third kappa shape index (κ3) is 5.26. The Morgan fingerprint density at radius 2 is 2.00 bits per heavy atom. The van der Waals surface area contributed by atoms with Gasteiger partial charge in [0, 0.05) is 12.1 Å². The van der Waals surface area contributed by atoms with Crippen molar-refractivity contribution in [3.63, 3.8) is 0 Å². The number of hydrogen-bond donors (Lipinski definition) is 3. The van der Waals surface area contributed by atoms with Crippen molar-refractivity contribution < 1.29 is 28.8 Å². The van der Waals surface area contributed by atoms with Gasteiger partial charge in [-0.25, -0.2) is 0 Å². The number of nitrogens with one attached hydrogen (secondary N) is 2. The molecule has 1 aromatic carbocycles. The summed E-state index contributed by atoms with van der Waals surface area (Å²) in [5, 5.41) is 24.3. The molecular formula is C17H15N3O7. The molecule has 0 radical (unpaired) electrons. The van der Waals surface area contributed by atoms with Crippen LogP contribution in [0, 0.1) is 10.1 Å². The fraction of sp³-hybridized carbons (Fsp3) is 0.118. The van der Waals surface area contributed by atoms with E-state index in [4.69, 9.17) is 9.52 Å². The molecule has 10 nitrogen and oxygen atoms in total. The summed E-state index contributed by atoms with van der Waals surface area (Å²) < 4.78 is 4.94. The Hall–Kier alpha value is -3.95. The number of nitro benzene ring substituents is 1. The Kier molecular flexibility index (Phi) is 6.05. The molecule has 2 aromatic rings. The number of hydrogen-bond acceptors (Lipinski definition) is 6.